The highest BCUT2D eigenvalue weighted by Gasteiger charge is 2.44. The van der Waals surface area contributed by atoms with E-state index in [0.717, 1.165) is 13.0 Å². The summed E-state index contributed by atoms with van der Waals surface area (Å²) < 4.78 is 7.78. The zero-order chi connectivity index (χ0) is 21.7. The molecule has 4 N–H and O–H groups in total. The summed E-state index contributed by atoms with van der Waals surface area (Å²) in [6, 6.07) is -0.620. The smallest absolute Gasteiger partial charge is 0.323 e. The van der Waals surface area contributed by atoms with Gasteiger partial charge in [-0.3, -0.25) is 9.59 Å². The van der Waals surface area contributed by atoms with Crippen LogP contribution in [-0.2, 0) is 14.3 Å². The van der Waals surface area contributed by atoms with E-state index in [4.69, 9.17) is 14.9 Å². The first kappa shape index (κ1) is 25.0. The summed E-state index contributed by atoms with van der Waals surface area (Å²) in [6.45, 7) is 14.0. The van der Waals surface area contributed by atoms with Crippen LogP contribution in [0.5, 0.6) is 0 Å². The minimum absolute atomic E-state index is 0.0801. The average Bonchev–Trinajstić information content (AvgIpc) is 3.20. The Morgan fingerprint density at radius 1 is 1.11 bits per heavy atom. The van der Waals surface area contributed by atoms with Crippen LogP contribution in [0.15, 0.2) is 0 Å². The number of nitrogens with one attached hydrogen (secondary N) is 1. The lowest BCUT2D eigenvalue weighted by molar-refractivity contribution is -0.159. The van der Waals surface area contributed by atoms with Gasteiger partial charge in [0.05, 0.1) is 0 Å². The Morgan fingerprint density at radius 3 is 2.04 bits per heavy atom. The van der Waals surface area contributed by atoms with Crippen molar-refractivity contribution >= 4 is 20.2 Å². The summed E-state index contributed by atoms with van der Waals surface area (Å²) >= 11 is 0. The van der Waals surface area contributed by atoms with Gasteiger partial charge in [-0.2, -0.15) is 0 Å². The Labute approximate surface area is 169 Å². The van der Waals surface area contributed by atoms with Crippen molar-refractivity contribution in [1.82, 2.24) is 9.88 Å². The third kappa shape index (κ3) is 7.79. The first-order valence-electron chi connectivity index (χ1n) is 9.96. The van der Waals surface area contributed by atoms with E-state index in [2.05, 4.69) is 29.5 Å². The van der Waals surface area contributed by atoms with E-state index in [1.54, 1.807) is 0 Å². The predicted molar refractivity (Wildman–Crippen MR) is 109 cm³/mol. The highest BCUT2D eigenvalue weighted by molar-refractivity contribution is 6.73. The van der Waals surface area contributed by atoms with E-state index in [1.807, 2.05) is 20.8 Å². The molecule has 0 spiro atoms. The van der Waals surface area contributed by atoms with Gasteiger partial charge in [0.2, 0.25) is 0 Å². The number of nitrogens with zero attached hydrogens (tertiary/aromatic N) is 1. The molecule has 0 aromatic rings. The number of carbonyl (C=O) groups excluding carboxylic acids is 1. The highest BCUT2D eigenvalue weighted by atomic mass is 28.3. The fraction of sp³-hybridized carbons (Fsp3) is 0.895. The molecule has 0 radical (unpaired) electrons. The molecular weight excluding hydrogens is 380 g/mol. The van der Waals surface area contributed by atoms with Gasteiger partial charge < -0.3 is 29.9 Å². The lowest BCUT2D eigenvalue weighted by Crippen LogP contribution is -2.52. The van der Waals surface area contributed by atoms with Crippen LogP contribution < -0.4 is 5.32 Å². The van der Waals surface area contributed by atoms with E-state index >= 15 is 0 Å². The van der Waals surface area contributed by atoms with Crippen molar-refractivity contribution in [3.63, 3.8) is 0 Å². The molecule has 8 nitrogen and oxygen atoms in total. The van der Waals surface area contributed by atoms with Crippen LogP contribution in [0.2, 0.25) is 19.6 Å². The molecule has 0 aromatic heterocycles. The number of aliphatic carboxylic acids is 1. The van der Waals surface area contributed by atoms with Gasteiger partial charge in [-0.15, -0.1) is 0 Å². The summed E-state index contributed by atoms with van der Waals surface area (Å²) in [5.41, 5.74) is -0.445. The van der Waals surface area contributed by atoms with Crippen LogP contribution in [0, 0.1) is 11.8 Å². The fourth-order valence-electron chi connectivity index (χ4n) is 3.53. The SMILES string of the molecule is CC(C)(C)OC(=O)[C@H]1C[C@@H](CO)CN1[Si](C)(C)C.O=C(O)[C@H]1C[C@@H](CO)CN1. The molecule has 9 heteroatoms. The number of hydrogen-bond donors (Lipinski definition) is 4. The molecule has 164 valence electrons. The van der Waals surface area contributed by atoms with Gasteiger partial charge in [-0.1, -0.05) is 19.6 Å². The van der Waals surface area contributed by atoms with E-state index in [9.17, 15) is 14.7 Å². The molecule has 0 saturated carbocycles. The second kappa shape index (κ2) is 10.2. The molecule has 4 atom stereocenters. The Morgan fingerprint density at radius 2 is 1.68 bits per heavy atom. The minimum Gasteiger partial charge on any atom is -0.480 e. The van der Waals surface area contributed by atoms with Crippen LogP contribution in [0.1, 0.15) is 33.6 Å². The molecule has 28 heavy (non-hydrogen) atoms. The fourth-order valence-corrected chi connectivity index (χ4v) is 5.48. The van der Waals surface area contributed by atoms with E-state index in [1.165, 1.54) is 0 Å². The van der Waals surface area contributed by atoms with Crippen LogP contribution in [0.3, 0.4) is 0 Å². The average molecular weight is 419 g/mol. The maximum absolute atomic E-state index is 12.3. The van der Waals surface area contributed by atoms with Crippen molar-refractivity contribution in [2.45, 2.75) is 70.9 Å². The number of ether oxygens (including phenoxy) is 1. The topological polar surface area (TPSA) is 119 Å². The van der Waals surface area contributed by atoms with Crippen LogP contribution >= 0.6 is 0 Å². The summed E-state index contributed by atoms with van der Waals surface area (Å²) in [5.74, 6) is -0.632. The zero-order valence-corrected chi connectivity index (χ0v) is 19.1. The van der Waals surface area contributed by atoms with Crippen molar-refractivity contribution in [3.8, 4) is 0 Å². The van der Waals surface area contributed by atoms with Crippen molar-refractivity contribution in [2.24, 2.45) is 11.8 Å². The molecule has 0 bridgehead atoms. The number of carbonyl (C=O) groups is 2. The largest absolute Gasteiger partial charge is 0.480 e. The van der Waals surface area contributed by atoms with Gasteiger partial charge in [0, 0.05) is 19.8 Å². The number of carboxylic acids is 1. The highest BCUT2D eigenvalue weighted by Crippen LogP contribution is 2.30. The molecule has 0 aliphatic carbocycles. The Kier molecular flexibility index (Phi) is 9.08. The molecular formula is C19H38N2O6Si. The molecule has 0 unspecified atom stereocenters. The van der Waals surface area contributed by atoms with Crippen molar-refractivity contribution < 1.29 is 29.6 Å². The van der Waals surface area contributed by atoms with Gasteiger partial charge in [0.25, 0.3) is 0 Å². The summed E-state index contributed by atoms with van der Waals surface area (Å²) in [7, 11) is -1.56. The van der Waals surface area contributed by atoms with Gasteiger partial charge >= 0.3 is 11.9 Å². The Bertz CT molecular complexity index is 531. The standard InChI is InChI=1S/C13H27NO3Si.C6H11NO3/c1-13(2,3)17-12(16)11-7-10(9-15)8-14(11)18(4,5)6;8-3-4-1-5(6(9)10)7-2-4/h10-11,15H,7-9H2,1-6H3;4-5,7-8H,1-3H2,(H,9,10)/t10-,11-;4-,5-/m11/s1. The second-order valence-electron chi connectivity index (χ2n) is 9.74. The van der Waals surface area contributed by atoms with Gasteiger partial charge in [0.15, 0.2) is 0 Å². The molecule has 2 fully saturated rings. The first-order valence-corrected chi connectivity index (χ1v) is 13.4. The molecule has 2 rings (SSSR count). The number of aliphatic hydroxyl groups is 2. The van der Waals surface area contributed by atoms with Crippen molar-refractivity contribution in [3.05, 3.63) is 0 Å². The normalized spacial score (nSPS) is 28.6. The van der Waals surface area contributed by atoms with Crippen LogP contribution in [-0.4, -0.2) is 84.0 Å². The quantitative estimate of drug-likeness (QED) is 0.384. The van der Waals surface area contributed by atoms with Crippen molar-refractivity contribution in [2.75, 3.05) is 26.3 Å². The van der Waals surface area contributed by atoms with Crippen molar-refractivity contribution in [1.29, 1.82) is 0 Å². The molecule has 2 saturated heterocycles. The molecule has 0 amide bonds. The minimum atomic E-state index is -1.56. The van der Waals surface area contributed by atoms with E-state index in [-0.39, 0.29) is 37.1 Å². The second-order valence-corrected chi connectivity index (χ2v) is 14.7. The monoisotopic (exact) mass is 418 g/mol. The molecule has 2 heterocycles. The number of aliphatic hydroxyl groups excluding tert-OH is 2. The van der Waals surface area contributed by atoms with Gasteiger partial charge in [-0.25, -0.2) is 0 Å². The first-order chi connectivity index (χ1) is 12.8. The van der Waals surface area contributed by atoms with Gasteiger partial charge in [0.1, 0.15) is 25.9 Å². The third-order valence-corrected chi connectivity index (χ3v) is 7.18. The number of hydrogen-bond acceptors (Lipinski definition) is 7. The predicted octanol–water partition coefficient (Wildman–Crippen LogP) is 0.887. The van der Waals surface area contributed by atoms with E-state index < -0.39 is 25.8 Å². The lowest BCUT2D eigenvalue weighted by Gasteiger charge is -2.35. The zero-order valence-electron chi connectivity index (χ0n) is 18.1. The molecule has 0 aromatic carbocycles. The number of rotatable bonds is 5. The lowest BCUT2D eigenvalue weighted by atomic mass is 10.1. The molecule has 2 aliphatic rings. The maximum atomic E-state index is 12.3. The van der Waals surface area contributed by atoms with Crippen LogP contribution in [0.25, 0.3) is 0 Å². The van der Waals surface area contributed by atoms with Gasteiger partial charge in [-0.05, 0) is 52.0 Å². The molecule has 2 aliphatic heterocycles. The summed E-state index contributed by atoms with van der Waals surface area (Å²) in [4.78, 5) is 22.6. The number of esters is 1. The summed E-state index contributed by atoms with van der Waals surface area (Å²) in [6.07, 6.45) is 1.27. The Hall–Kier alpha value is -1.00. The van der Waals surface area contributed by atoms with Crippen LogP contribution in [0.4, 0.5) is 0 Å². The number of carboxylic acid groups (broad SMARTS) is 1. The third-order valence-electron chi connectivity index (χ3n) is 4.96. The maximum Gasteiger partial charge on any atom is 0.323 e. The Balaban J connectivity index is 0.000000330. The summed E-state index contributed by atoms with van der Waals surface area (Å²) in [5, 5.41) is 29.2. The van der Waals surface area contributed by atoms with E-state index in [0.29, 0.717) is 13.0 Å².